The van der Waals surface area contributed by atoms with Gasteiger partial charge in [-0.2, -0.15) is 13.2 Å². The van der Waals surface area contributed by atoms with E-state index in [-0.39, 0.29) is 17.0 Å². The summed E-state index contributed by atoms with van der Waals surface area (Å²) < 4.78 is 42.5. The lowest BCUT2D eigenvalue weighted by Crippen LogP contribution is -2.23. The standard InChI is InChI=1S/C24H26F3N5O/c1-5-13-31(4)16-22-29-28-21(15-30(2)3)32(22)20-14-18(24(25,26)27)11-12-19(20)23(33)17-9-7-6-8-10-17/h5-12,14H,1,13,15-16H2,2-4H3. The summed E-state index contributed by atoms with van der Waals surface area (Å²) in [5.41, 5.74) is -0.229. The summed E-state index contributed by atoms with van der Waals surface area (Å²) in [6.07, 6.45) is -2.85. The number of carbonyl (C=O) groups is 1. The second kappa shape index (κ2) is 10.1. The van der Waals surface area contributed by atoms with Crippen molar-refractivity contribution in [3.05, 3.63) is 89.5 Å². The van der Waals surface area contributed by atoms with Gasteiger partial charge in [-0.05, 0) is 39.3 Å². The van der Waals surface area contributed by atoms with Gasteiger partial charge < -0.3 is 4.90 Å². The van der Waals surface area contributed by atoms with E-state index in [1.165, 1.54) is 6.07 Å². The highest BCUT2D eigenvalue weighted by atomic mass is 19.4. The minimum Gasteiger partial charge on any atom is -0.302 e. The van der Waals surface area contributed by atoms with Crippen LogP contribution in [0.5, 0.6) is 0 Å². The van der Waals surface area contributed by atoms with Crippen LogP contribution in [0.2, 0.25) is 0 Å². The minimum absolute atomic E-state index is 0.0996. The molecule has 0 aliphatic heterocycles. The van der Waals surface area contributed by atoms with Gasteiger partial charge in [-0.3, -0.25) is 14.3 Å². The quantitative estimate of drug-likeness (QED) is 0.356. The number of alkyl halides is 3. The maximum Gasteiger partial charge on any atom is 0.416 e. The molecule has 0 bridgehead atoms. The van der Waals surface area contributed by atoms with Gasteiger partial charge in [0.1, 0.15) is 0 Å². The van der Waals surface area contributed by atoms with Crippen molar-refractivity contribution in [3.63, 3.8) is 0 Å². The van der Waals surface area contributed by atoms with Gasteiger partial charge >= 0.3 is 6.18 Å². The maximum absolute atomic E-state index is 13.6. The van der Waals surface area contributed by atoms with Crippen LogP contribution in [-0.2, 0) is 19.3 Å². The van der Waals surface area contributed by atoms with E-state index in [0.29, 0.717) is 36.8 Å². The molecule has 2 aromatic carbocycles. The summed E-state index contributed by atoms with van der Waals surface area (Å²) in [4.78, 5) is 17.1. The number of carbonyl (C=O) groups excluding carboxylic acids is 1. The third-order valence-corrected chi connectivity index (χ3v) is 4.95. The second-order valence-corrected chi connectivity index (χ2v) is 8.02. The van der Waals surface area contributed by atoms with Crippen LogP contribution in [0.4, 0.5) is 13.2 Å². The van der Waals surface area contributed by atoms with Crippen molar-refractivity contribution in [2.24, 2.45) is 0 Å². The van der Waals surface area contributed by atoms with Crippen molar-refractivity contribution in [3.8, 4) is 5.69 Å². The molecule has 0 aliphatic rings. The summed E-state index contributed by atoms with van der Waals surface area (Å²) in [6, 6.07) is 11.6. The van der Waals surface area contributed by atoms with Gasteiger partial charge in [-0.25, -0.2) is 0 Å². The number of hydrogen-bond donors (Lipinski definition) is 0. The molecular weight excluding hydrogens is 431 g/mol. The normalized spacial score (nSPS) is 11.9. The van der Waals surface area contributed by atoms with E-state index in [0.717, 1.165) is 12.1 Å². The van der Waals surface area contributed by atoms with Gasteiger partial charge in [0.15, 0.2) is 17.4 Å². The molecule has 3 aromatic rings. The lowest BCUT2D eigenvalue weighted by molar-refractivity contribution is -0.137. The van der Waals surface area contributed by atoms with E-state index in [1.807, 2.05) is 30.9 Å². The Bertz CT molecular complexity index is 1120. The van der Waals surface area contributed by atoms with Crippen molar-refractivity contribution < 1.29 is 18.0 Å². The van der Waals surface area contributed by atoms with Crippen molar-refractivity contribution in [2.75, 3.05) is 27.7 Å². The molecule has 0 saturated heterocycles. The summed E-state index contributed by atoms with van der Waals surface area (Å²) >= 11 is 0. The molecule has 0 N–H and O–H groups in total. The highest BCUT2D eigenvalue weighted by Crippen LogP contribution is 2.33. The maximum atomic E-state index is 13.6. The minimum atomic E-state index is -4.57. The molecule has 3 rings (SSSR count). The van der Waals surface area contributed by atoms with Crippen LogP contribution < -0.4 is 0 Å². The first-order valence-electron chi connectivity index (χ1n) is 10.3. The van der Waals surface area contributed by atoms with E-state index in [9.17, 15) is 18.0 Å². The molecule has 174 valence electrons. The van der Waals surface area contributed by atoms with Crippen LogP contribution in [0.1, 0.15) is 33.1 Å². The van der Waals surface area contributed by atoms with Crippen molar-refractivity contribution >= 4 is 5.78 Å². The molecule has 0 spiro atoms. The first-order valence-corrected chi connectivity index (χ1v) is 10.3. The second-order valence-electron chi connectivity index (χ2n) is 8.02. The van der Waals surface area contributed by atoms with Crippen LogP contribution in [0.3, 0.4) is 0 Å². The molecule has 0 radical (unpaired) electrons. The van der Waals surface area contributed by atoms with E-state index < -0.39 is 11.7 Å². The predicted molar refractivity (Wildman–Crippen MR) is 120 cm³/mol. The molecule has 0 unspecified atom stereocenters. The fraction of sp³-hybridized carbons (Fsp3) is 0.292. The van der Waals surface area contributed by atoms with E-state index >= 15 is 0 Å². The summed E-state index contributed by atoms with van der Waals surface area (Å²) in [5, 5.41) is 8.49. The lowest BCUT2D eigenvalue weighted by Gasteiger charge is -2.20. The summed E-state index contributed by atoms with van der Waals surface area (Å²) in [5.74, 6) is 0.482. The van der Waals surface area contributed by atoms with Crippen LogP contribution >= 0.6 is 0 Å². The first-order chi connectivity index (χ1) is 15.6. The largest absolute Gasteiger partial charge is 0.416 e. The zero-order chi connectivity index (χ0) is 24.2. The Labute approximate surface area is 191 Å². The third-order valence-electron chi connectivity index (χ3n) is 4.95. The average Bonchev–Trinajstić information content (AvgIpc) is 3.13. The molecule has 33 heavy (non-hydrogen) atoms. The Morgan fingerprint density at radius 1 is 1.03 bits per heavy atom. The van der Waals surface area contributed by atoms with Gasteiger partial charge in [0, 0.05) is 17.7 Å². The van der Waals surface area contributed by atoms with Gasteiger partial charge in [-0.15, -0.1) is 16.8 Å². The van der Waals surface area contributed by atoms with Crippen LogP contribution in [-0.4, -0.2) is 58.0 Å². The molecule has 0 aliphatic carbocycles. The zero-order valence-electron chi connectivity index (χ0n) is 18.8. The lowest BCUT2D eigenvalue weighted by atomic mass is 9.99. The van der Waals surface area contributed by atoms with E-state index in [4.69, 9.17) is 0 Å². The number of nitrogens with zero attached hydrogens (tertiary/aromatic N) is 5. The zero-order valence-corrected chi connectivity index (χ0v) is 18.8. The fourth-order valence-corrected chi connectivity index (χ4v) is 3.48. The molecule has 1 heterocycles. The number of hydrogen-bond acceptors (Lipinski definition) is 5. The number of benzene rings is 2. The van der Waals surface area contributed by atoms with Crippen LogP contribution in [0.25, 0.3) is 5.69 Å². The molecule has 9 heteroatoms. The smallest absolute Gasteiger partial charge is 0.302 e. The Balaban J connectivity index is 2.25. The fourth-order valence-electron chi connectivity index (χ4n) is 3.48. The van der Waals surface area contributed by atoms with E-state index in [2.05, 4.69) is 16.8 Å². The number of rotatable bonds is 9. The van der Waals surface area contributed by atoms with Crippen molar-refractivity contribution in [2.45, 2.75) is 19.3 Å². The Kier molecular flexibility index (Phi) is 7.45. The Morgan fingerprint density at radius 3 is 2.24 bits per heavy atom. The predicted octanol–water partition coefficient (Wildman–Crippen LogP) is 4.20. The summed E-state index contributed by atoms with van der Waals surface area (Å²) in [6.45, 7) is 4.90. The van der Waals surface area contributed by atoms with Crippen molar-refractivity contribution in [1.82, 2.24) is 24.6 Å². The first kappa shape index (κ1) is 24.3. The third kappa shape index (κ3) is 5.74. The molecule has 0 amide bonds. The van der Waals surface area contributed by atoms with Crippen LogP contribution in [0.15, 0.2) is 61.2 Å². The molecule has 1 aromatic heterocycles. The van der Waals surface area contributed by atoms with Gasteiger partial charge in [0.05, 0.1) is 24.3 Å². The van der Waals surface area contributed by atoms with Crippen molar-refractivity contribution in [1.29, 1.82) is 0 Å². The monoisotopic (exact) mass is 457 g/mol. The molecular formula is C24H26F3N5O. The topological polar surface area (TPSA) is 54.3 Å². The molecule has 0 fully saturated rings. The average molecular weight is 458 g/mol. The highest BCUT2D eigenvalue weighted by Gasteiger charge is 2.33. The summed E-state index contributed by atoms with van der Waals surface area (Å²) in [7, 11) is 5.49. The molecule has 0 saturated carbocycles. The number of halogens is 3. The molecule has 0 atom stereocenters. The van der Waals surface area contributed by atoms with Gasteiger partial charge in [-0.1, -0.05) is 36.4 Å². The highest BCUT2D eigenvalue weighted by molar-refractivity contribution is 6.11. The Morgan fingerprint density at radius 2 is 1.67 bits per heavy atom. The number of likely N-dealkylation sites (N-methyl/N-ethyl adjacent to an activating group) is 1. The van der Waals surface area contributed by atoms with Crippen LogP contribution in [0, 0.1) is 0 Å². The molecule has 6 nitrogen and oxygen atoms in total. The SMILES string of the molecule is C=CCN(C)Cc1nnc(CN(C)C)n1-c1cc(C(F)(F)F)ccc1C(=O)c1ccccc1. The Hall–Kier alpha value is -3.30. The van der Waals surface area contributed by atoms with Gasteiger partial charge in [0.25, 0.3) is 0 Å². The van der Waals surface area contributed by atoms with Gasteiger partial charge in [0.2, 0.25) is 0 Å². The van der Waals surface area contributed by atoms with E-state index in [1.54, 1.807) is 41.0 Å². The number of aromatic nitrogens is 3. The number of ketones is 1.